The van der Waals surface area contributed by atoms with Crippen LogP contribution >= 0.6 is 0 Å². The second-order valence-corrected chi connectivity index (χ2v) is 7.37. The summed E-state index contributed by atoms with van der Waals surface area (Å²) < 4.78 is 0. The van der Waals surface area contributed by atoms with Crippen LogP contribution in [0.1, 0.15) is 43.8 Å². The third-order valence-corrected chi connectivity index (χ3v) is 5.33. The lowest BCUT2D eigenvalue weighted by Crippen LogP contribution is -2.44. The van der Waals surface area contributed by atoms with Crippen molar-refractivity contribution in [1.29, 1.82) is 0 Å². The molecule has 0 aliphatic carbocycles. The third kappa shape index (κ3) is 5.06. The van der Waals surface area contributed by atoms with Gasteiger partial charge in [0.1, 0.15) is 0 Å². The summed E-state index contributed by atoms with van der Waals surface area (Å²) >= 11 is 0. The van der Waals surface area contributed by atoms with Crippen molar-refractivity contribution in [2.75, 3.05) is 39.3 Å². The summed E-state index contributed by atoms with van der Waals surface area (Å²) in [6.07, 6.45) is 0.902. The molecule has 28 heavy (non-hydrogen) atoms. The second kappa shape index (κ2) is 9.62. The van der Waals surface area contributed by atoms with Gasteiger partial charge >= 0.3 is 0 Å². The first-order valence-electron chi connectivity index (χ1n) is 9.98. The molecular formula is C23H29N3O2. The van der Waals surface area contributed by atoms with Gasteiger partial charge in [-0.05, 0) is 50.1 Å². The molecule has 0 aromatic heterocycles. The Morgan fingerprint density at radius 3 is 2.43 bits per heavy atom. The molecule has 0 unspecified atom stereocenters. The zero-order chi connectivity index (χ0) is 19.9. The number of hydrogen-bond donors (Lipinski definition) is 2. The first-order chi connectivity index (χ1) is 13.6. The maximum absolute atomic E-state index is 13.0. The largest absolute Gasteiger partial charge is 0.352 e. The molecule has 0 radical (unpaired) electrons. The Kier molecular flexibility index (Phi) is 6.95. The summed E-state index contributed by atoms with van der Waals surface area (Å²) in [5.74, 6) is -0.303. The summed E-state index contributed by atoms with van der Waals surface area (Å²) in [6, 6.07) is 12.7. The van der Waals surface area contributed by atoms with Crippen molar-refractivity contribution in [3.05, 3.63) is 70.3 Å². The fraction of sp³-hybridized carbons (Fsp3) is 0.391. The van der Waals surface area contributed by atoms with Crippen LogP contribution in [0.3, 0.4) is 0 Å². The van der Waals surface area contributed by atoms with Crippen molar-refractivity contribution in [3.63, 3.8) is 0 Å². The minimum atomic E-state index is -0.187. The van der Waals surface area contributed by atoms with Crippen LogP contribution in [-0.4, -0.2) is 55.9 Å². The van der Waals surface area contributed by atoms with Crippen molar-refractivity contribution in [2.45, 2.75) is 20.3 Å². The average molecular weight is 380 g/mol. The Morgan fingerprint density at radius 2 is 1.71 bits per heavy atom. The van der Waals surface area contributed by atoms with E-state index in [0.29, 0.717) is 23.2 Å². The molecule has 1 aliphatic rings. The van der Waals surface area contributed by atoms with Gasteiger partial charge in [0.25, 0.3) is 5.91 Å². The molecule has 1 fully saturated rings. The average Bonchev–Trinajstić information content (AvgIpc) is 2.73. The molecule has 3 rings (SSSR count). The highest BCUT2D eigenvalue weighted by Crippen LogP contribution is 2.17. The van der Waals surface area contributed by atoms with E-state index in [1.54, 1.807) is 24.3 Å². The van der Waals surface area contributed by atoms with Gasteiger partial charge in [-0.3, -0.25) is 9.59 Å². The van der Waals surface area contributed by atoms with Crippen molar-refractivity contribution < 1.29 is 9.59 Å². The number of rotatable bonds is 7. The predicted molar refractivity (Wildman–Crippen MR) is 112 cm³/mol. The summed E-state index contributed by atoms with van der Waals surface area (Å²) in [4.78, 5) is 28.1. The number of hydrogen-bond acceptors (Lipinski definition) is 4. The number of ketones is 1. The normalized spacial score (nSPS) is 14.6. The quantitative estimate of drug-likeness (QED) is 0.573. The van der Waals surface area contributed by atoms with Crippen LogP contribution in [0.5, 0.6) is 0 Å². The summed E-state index contributed by atoms with van der Waals surface area (Å²) in [5.41, 5.74) is 3.72. The molecule has 0 bridgehead atoms. The molecule has 1 saturated heterocycles. The van der Waals surface area contributed by atoms with Gasteiger partial charge in [-0.15, -0.1) is 0 Å². The third-order valence-electron chi connectivity index (χ3n) is 5.33. The van der Waals surface area contributed by atoms with E-state index in [2.05, 4.69) is 15.5 Å². The van der Waals surface area contributed by atoms with Gasteiger partial charge in [0.2, 0.25) is 0 Å². The molecule has 1 amide bonds. The van der Waals surface area contributed by atoms with E-state index in [9.17, 15) is 9.59 Å². The highest BCUT2D eigenvalue weighted by Gasteiger charge is 2.18. The Bertz CT molecular complexity index is 841. The van der Waals surface area contributed by atoms with E-state index in [0.717, 1.165) is 50.3 Å². The Hall–Kier alpha value is -2.50. The van der Waals surface area contributed by atoms with Crippen molar-refractivity contribution in [1.82, 2.24) is 15.5 Å². The van der Waals surface area contributed by atoms with E-state index < -0.39 is 0 Å². The molecule has 0 saturated carbocycles. The van der Waals surface area contributed by atoms with Crippen LogP contribution in [0.4, 0.5) is 0 Å². The smallest absolute Gasteiger partial charge is 0.252 e. The number of carbonyl (C=O) groups is 2. The topological polar surface area (TPSA) is 61.4 Å². The lowest BCUT2D eigenvalue weighted by atomic mass is 9.95. The van der Waals surface area contributed by atoms with Gasteiger partial charge in [-0.25, -0.2) is 0 Å². The Morgan fingerprint density at radius 1 is 1.00 bits per heavy atom. The highest BCUT2D eigenvalue weighted by atomic mass is 16.2. The van der Waals surface area contributed by atoms with E-state index in [1.165, 1.54) is 0 Å². The fourth-order valence-corrected chi connectivity index (χ4v) is 3.45. The Labute approximate surface area is 167 Å². The molecule has 2 N–H and O–H groups in total. The highest BCUT2D eigenvalue weighted by molar-refractivity contribution is 6.15. The molecule has 1 aliphatic heterocycles. The molecule has 0 spiro atoms. The molecular weight excluding hydrogens is 350 g/mol. The van der Waals surface area contributed by atoms with Gasteiger partial charge in [0, 0.05) is 43.9 Å². The number of benzene rings is 2. The minimum absolute atomic E-state index is 0.116. The van der Waals surface area contributed by atoms with Crippen LogP contribution in [0.15, 0.2) is 42.5 Å². The SMILES string of the molecule is Cc1ccc(C(=O)c2ccccc2C(=O)NCCCN2CCNCC2)cc1C. The maximum Gasteiger partial charge on any atom is 0.252 e. The number of nitrogens with zero attached hydrogens (tertiary/aromatic N) is 1. The van der Waals surface area contributed by atoms with Crippen LogP contribution in [0.2, 0.25) is 0 Å². The van der Waals surface area contributed by atoms with E-state index in [-0.39, 0.29) is 11.7 Å². The maximum atomic E-state index is 13.0. The lowest BCUT2D eigenvalue weighted by molar-refractivity contribution is 0.0940. The van der Waals surface area contributed by atoms with Crippen molar-refractivity contribution in [2.24, 2.45) is 0 Å². The standard InChI is InChI=1S/C23H29N3O2/c1-17-8-9-19(16-18(17)2)22(27)20-6-3-4-7-21(20)23(28)25-10-5-13-26-14-11-24-12-15-26/h3-4,6-9,16,24H,5,10-15H2,1-2H3,(H,25,28). The molecule has 148 valence electrons. The Balaban J connectivity index is 1.63. The first kappa shape index (κ1) is 20.2. The van der Waals surface area contributed by atoms with Crippen molar-refractivity contribution in [3.8, 4) is 0 Å². The van der Waals surface area contributed by atoms with Gasteiger partial charge in [0.15, 0.2) is 5.78 Å². The van der Waals surface area contributed by atoms with Crippen LogP contribution in [0, 0.1) is 13.8 Å². The number of aryl methyl sites for hydroxylation is 2. The molecule has 2 aromatic rings. The number of nitrogens with one attached hydrogen (secondary N) is 2. The number of carbonyl (C=O) groups excluding carboxylic acids is 2. The molecule has 5 nitrogen and oxygen atoms in total. The second-order valence-electron chi connectivity index (χ2n) is 7.37. The zero-order valence-electron chi connectivity index (χ0n) is 16.8. The van der Waals surface area contributed by atoms with Crippen LogP contribution in [0.25, 0.3) is 0 Å². The summed E-state index contributed by atoms with van der Waals surface area (Å²) in [5, 5.41) is 6.31. The first-order valence-corrected chi connectivity index (χ1v) is 9.98. The van der Waals surface area contributed by atoms with Gasteiger partial charge in [-0.2, -0.15) is 0 Å². The van der Waals surface area contributed by atoms with Gasteiger partial charge in [-0.1, -0.05) is 30.3 Å². The molecule has 5 heteroatoms. The molecule has 2 aromatic carbocycles. The van der Waals surface area contributed by atoms with Gasteiger partial charge < -0.3 is 15.5 Å². The lowest BCUT2D eigenvalue weighted by Gasteiger charge is -2.27. The molecule has 0 atom stereocenters. The van der Waals surface area contributed by atoms with Crippen LogP contribution < -0.4 is 10.6 Å². The molecule has 1 heterocycles. The number of amides is 1. The summed E-state index contributed by atoms with van der Waals surface area (Å²) in [6.45, 7) is 9.76. The summed E-state index contributed by atoms with van der Waals surface area (Å²) in [7, 11) is 0. The van der Waals surface area contributed by atoms with Crippen LogP contribution in [-0.2, 0) is 0 Å². The van der Waals surface area contributed by atoms with E-state index in [1.807, 2.05) is 32.0 Å². The fourth-order valence-electron chi connectivity index (χ4n) is 3.45. The monoisotopic (exact) mass is 379 g/mol. The minimum Gasteiger partial charge on any atom is -0.352 e. The number of piperazine rings is 1. The van der Waals surface area contributed by atoms with Crippen molar-refractivity contribution >= 4 is 11.7 Å². The van der Waals surface area contributed by atoms with E-state index in [4.69, 9.17) is 0 Å². The van der Waals surface area contributed by atoms with Gasteiger partial charge in [0.05, 0.1) is 5.56 Å². The predicted octanol–water partition coefficient (Wildman–Crippen LogP) is 2.56. The van der Waals surface area contributed by atoms with E-state index >= 15 is 0 Å². The zero-order valence-corrected chi connectivity index (χ0v) is 16.8.